The molecular formula is C22H25N3O6. The van der Waals surface area contributed by atoms with Crippen LogP contribution >= 0.6 is 0 Å². The Hall–Kier alpha value is -3.62. The van der Waals surface area contributed by atoms with Crippen molar-refractivity contribution in [2.45, 2.75) is 26.8 Å². The maximum atomic E-state index is 12.5. The highest BCUT2D eigenvalue weighted by molar-refractivity contribution is 5.96. The molecule has 2 amide bonds. The lowest BCUT2D eigenvalue weighted by Crippen LogP contribution is -2.40. The van der Waals surface area contributed by atoms with Crippen LogP contribution in [0.4, 0.5) is 5.69 Å². The first kappa shape index (κ1) is 22.1. The van der Waals surface area contributed by atoms with Crippen LogP contribution in [-0.4, -0.2) is 36.5 Å². The van der Waals surface area contributed by atoms with Crippen LogP contribution in [0, 0.1) is 23.0 Å². The van der Waals surface area contributed by atoms with Crippen molar-refractivity contribution in [1.29, 1.82) is 0 Å². The van der Waals surface area contributed by atoms with Crippen molar-refractivity contribution in [2.24, 2.45) is 5.92 Å². The zero-order chi connectivity index (χ0) is 22.5. The van der Waals surface area contributed by atoms with Crippen molar-refractivity contribution in [3.05, 3.63) is 63.2 Å². The van der Waals surface area contributed by atoms with Crippen LogP contribution in [0.5, 0.6) is 11.5 Å². The first-order valence-corrected chi connectivity index (χ1v) is 9.98. The second-order valence-electron chi connectivity index (χ2n) is 7.63. The number of benzene rings is 2. The average Bonchev–Trinajstić information content (AvgIpc) is 2.74. The third-order valence-corrected chi connectivity index (χ3v) is 4.97. The number of aryl methyl sites for hydroxylation is 1. The lowest BCUT2D eigenvalue weighted by molar-refractivity contribution is -0.385. The monoisotopic (exact) mass is 427 g/mol. The number of hydrogen-bond donors (Lipinski definition) is 2. The van der Waals surface area contributed by atoms with Crippen LogP contribution < -0.4 is 20.1 Å². The van der Waals surface area contributed by atoms with Gasteiger partial charge in [0, 0.05) is 17.2 Å². The highest BCUT2D eigenvalue weighted by atomic mass is 16.6. The van der Waals surface area contributed by atoms with Gasteiger partial charge in [0.25, 0.3) is 11.6 Å². The average molecular weight is 427 g/mol. The molecule has 2 aromatic carbocycles. The number of rotatable bonds is 7. The van der Waals surface area contributed by atoms with Gasteiger partial charge in [-0.1, -0.05) is 19.9 Å². The molecule has 0 radical (unpaired) electrons. The number of nitrogens with zero attached hydrogens (tertiary/aromatic N) is 1. The fraction of sp³-hybridized carbons (Fsp3) is 0.364. The molecule has 0 fully saturated rings. The molecule has 2 aromatic rings. The summed E-state index contributed by atoms with van der Waals surface area (Å²) >= 11 is 0. The molecule has 9 nitrogen and oxygen atoms in total. The second kappa shape index (κ2) is 9.46. The Kier molecular flexibility index (Phi) is 6.74. The number of amides is 2. The van der Waals surface area contributed by atoms with E-state index in [2.05, 4.69) is 10.6 Å². The normalized spacial score (nSPS) is 13.4. The van der Waals surface area contributed by atoms with Gasteiger partial charge in [0.15, 0.2) is 11.5 Å². The van der Waals surface area contributed by atoms with Crippen LogP contribution in [0.2, 0.25) is 0 Å². The number of nitro benzene ring substituents is 1. The molecule has 31 heavy (non-hydrogen) atoms. The number of ether oxygens (including phenoxy) is 2. The van der Waals surface area contributed by atoms with Crippen LogP contribution in [0.25, 0.3) is 0 Å². The summed E-state index contributed by atoms with van der Waals surface area (Å²) in [6.45, 7) is 6.29. The first-order chi connectivity index (χ1) is 14.8. The summed E-state index contributed by atoms with van der Waals surface area (Å²) in [4.78, 5) is 35.2. The van der Waals surface area contributed by atoms with Crippen molar-refractivity contribution in [2.75, 3.05) is 19.8 Å². The topological polar surface area (TPSA) is 120 Å². The van der Waals surface area contributed by atoms with Gasteiger partial charge in [0.05, 0.1) is 17.5 Å². The lowest BCUT2D eigenvalue weighted by atomic mass is 9.95. The summed E-state index contributed by atoms with van der Waals surface area (Å²) in [6.07, 6.45) is 0. The first-order valence-electron chi connectivity index (χ1n) is 9.98. The van der Waals surface area contributed by atoms with E-state index in [4.69, 9.17) is 9.47 Å². The van der Waals surface area contributed by atoms with Gasteiger partial charge in [-0.25, -0.2) is 0 Å². The van der Waals surface area contributed by atoms with Gasteiger partial charge in [-0.15, -0.1) is 0 Å². The van der Waals surface area contributed by atoms with Crippen LogP contribution in [-0.2, 0) is 4.79 Å². The summed E-state index contributed by atoms with van der Waals surface area (Å²) in [6, 6.07) is 9.36. The zero-order valence-corrected chi connectivity index (χ0v) is 17.6. The Morgan fingerprint density at radius 1 is 1.10 bits per heavy atom. The highest BCUT2D eigenvalue weighted by Crippen LogP contribution is 2.34. The molecule has 9 heteroatoms. The molecule has 164 valence electrons. The van der Waals surface area contributed by atoms with Gasteiger partial charge in [0.2, 0.25) is 5.91 Å². The van der Waals surface area contributed by atoms with E-state index in [0.717, 1.165) is 5.56 Å². The molecule has 1 aliphatic rings. The van der Waals surface area contributed by atoms with E-state index in [1.54, 1.807) is 6.92 Å². The van der Waals surface area contributed by atoms with E-state index in [0.29, 0.717) is 30.3 Å². The molecule has 0 bridgehead atoms. The number of carbonyl (C=O) groups is 2. The van der Waals surface area contributed by atoms with E-state index in [-0.39, 0.29) is 35.7 Å². The van der Waals surface area contributed by atoms with Crippen molar-refractivity contribution < 1.29 is 24.0 Å². The summed E-state index contributed by atoms with van der Waals surface area (Å²) < 4.78 is 11.2. The minimum Gasteiger partial charge on any atom is -0.486 e. The third-order valence-electron chi connectivity index (χ3n) is 4.97. The standard InChI is InChI=1S/C22H25N3O6/c1-13(2)21(15-5-7-18-19(11-15)31-9-8-30-18)24-20(26)12-23-22(27)16-4-6-17(25(28)29)14(3)10-16/h4-7,10-11,13,21H,8-9,12H2,1-3H3,(H,23,27)(H,24,26)/t21-/m1/s1. The molecule has 0 aliphatic carbocycles. The molecule has 0 aromatic heterocycles. The number of fused-ring (bicyclic) bond motifs is 1. The second-order valence-corrected chi connectivity index (χ2v) is 7.63. The minimum absolute atomic E-state index is 0.0616. The quantitative estimate of drug-likeness (QED) is 0.518. The Labute approximate surface area is 179 Å². The Balaban J connectivity index is 1.62. The van der Waals surface area contributed by atoms with Crippen LogP contribution in [0.1, 0.15) is 41.4 Å². The van der Waals surface area contributed by atoms with Crippen molar-refractivity contribution in [3.8, 4) is 11.5 Å². The van der Waals surface area contributed by atoms with Gasteiger partial charge in [-0.3, -0.25) is 19.7 Å². The molecule has 1 atom stereocenters. The maximum absolute atomic E-state index is 12.5. The van der Waals surface area contributed by atoms with Crippen molar-refractivity contribution in [3.63, 3.8) is 0 Å². The summed E-state index contributed by atoms with van der Waals surface area (Å²) in [7, 11) is 0. The molecule has 1 aliphatic heterocycles. The molecule has 3 rings (SSSR count). The minimum atomic E-state index is -0.506. The van der Waals surface area contributed by atoms with Gasteiger partial charge in [0.1, 0.15) is 13.2 Å². The van der Waals surface area contributed by atoms with Crippen molar-refractivity contribution in [1.82, 2.24) is 10.6 Å². The van der Waals surface area contributed by atoms with E-state index in [9.17, 15) is 19.7 Å². The molecule has 0 unspecified atom stereocenters. The number of hydrogen-bond acceptors (Lipinski definition) is 6. The zero-order valence-electron chi connectivity index (χ0n) is 17.6. The van der Waals surface area contributed by atoms with Crippen molar-refractivity contribution >= 4 is 17.5 Å². The summed E-state index contributed by atoms with van der Waals surface area (Å²) in [5, 5.41) is 16.4. The van der Waals surface area contributed by atoms with Gasteiger partial charge in [-0.05, 0) is 42.7 Å². The smallest absolute Gasteiger partial charge is 0.272 e. The lowest BCUT2D eigenvalue weighted by Gasteiger charge is -2.25. The molecule has 0 saturated heterocycles. The molecular weight excluding hydrogens is 402 g/mol. The Morgan fingerprint density at radius 3 is 2.45 bits per heavy atom. The molecule has 2 N–H and O–H groups in total. The van der Waals surface area contributed by atoms with Crippen LogP contribution in [0.3, 0.4) is 0 Å². The molecule has 1 heterocycles. The number of nitrogens with one attached hydrogen (secondary N) is 2. The summed E-state index contributed by atoms with van der Waals surface area (Å²) in [5.41, 5.74) is 1.45. The number of nitro groups is 1. The van der Waals surface area contributed by atoms with Crippen LogP contribution in [0.15, 0.2) is 36.4 Å². The van der Waals surface area contributed by atoms with E-state index in [1.165, 1.54) is 18.2 Å². The third kappa shape index (κ3) is 5.30. The maximum Gasteiger partial charge on any atom is 0.272 e. The molecule has 0 saturated carbocycles. The predicted molar refractivity (Wildman–Crippen MR) is 113 cm³/mol. The van der Waals surface area contributed by atoms with Gasteiger partial charge >= 0.3 is 0 Å². The Morgan fingerprint density at radius 2 is 1.81 bits per heavy atom. The van der Waals surface area contributed by atoms with Gasteiger partial charge < -0.3 is 20.1 Å². The fourth-order valence-electron chi connectivity index (χ4n) is 3.38. The predicted octanol–water partition coefficient (Wildman–Crippen LogP) is 2.92. The molecule has 0 spiro atoms. The van der Waals surface area contributed by atoms with E-state index < -0.39 is 10.8 Å². The Bertz CT molecular complexity index is 1000. The SMILES string of the molecule is Cc1cc(C(=O)NCC(=O)N[C@@H](c2ccc3c(c2)OCCO3)C(C)C)ccc1[N+](=O)[O-]. The summed E-state index contributed by atoms with van der Waals surface area (Å²) in [5.74, 6) is 0.591. The largest absolute Gasteiger partial charge is 0.486 e. The van der Waals surface area contributed by atoms with E-state index >= 15 is 0 Å². The number of carbonyl (C=O) groups excluding carboxylic acids is 2. The van der Waals surface area contributed by atoms with E-state index in [1.807, 2.05) is 32.0 Å². The fourth-order valence-corrected chi connectivity index (χ4v) is 3.38. The highest BCUT2D eigenvalue weighted by Gasteiger charge is 2.22. The van der Waals surface area contributed by atoms with Gasteiger partial charge in [-0.2, -0.15) is 0 Å².